The molecule has 8 aliphatic rings. The van der Waals surface area contributed by atoms with Crippen molar-refractivity contribution in [1.29, 1.82) is 0 Å². The first-order valence-electron chi connectivity index (χ1n) is 33.5. The van der Waals surface area contributed by atoms with Gasteiger partial charge in [-0.2, -0.15) is 0 Å². The summed E-state index contributed by atoms with van der Waals surface area (Å²) in [6.45, 7) is 25.3. The minimum absolute atomic E-state index is 0.0442. The molecule has 4 nitrogen and oxygen atoms in total. The number of carbonyl (C=O) groups is 2. The third kappa shape index (κ3) is 14.5. The largest absolute Gasteiger partial charge is 0.462 e. The van der Waals surface area contributed by atoms with E-state index in [1.807, 2.05) is 21.6 Å². The normalized spacial score (nSPS) is 37.5. The zero-order valence-corrected chi connectivity index (χ0v) is 52.8. The molecule has 6 fully saturated rings. The Bertz CT molecular complexity index is 1770. The second-order valence-corrected chi connectivity index (χ2v) is 32.7. The van der Waals surface area contributed by atoms with Gasteiger partial charge in [0.15, 0.2) is 0 Å². The molecule has 0 aromatic carbocycles. The van der Waals surface area contributed by atoms with Crippen molar-refractivity contribution in [3.63, 3.8) is 0 Å². The highest BCUT2D eigenvalue weighted by Crippen LogP contribution is 2.69. The number of carbonyl (C=O) groups excluding carboxylic acids is 2. The minimum atomic E-state index is 0.0442. The maximum atomic E-state index is 13.0. The first-order chi connectivity index (χ1) is 36.5. The summed E-state index contributed by atoms with van der Waals surface area (Å²) < 4.78 is 12.4. The lowest BCUT2D eigenvalue weighted by Gasteiger charge is -2.58. The fraction of sp³-hybridized carbons (Fsp3) is 0.914. The average Bonchev–Trinajstić information content (AvgIpc) is 3.95. The van der Waals surface area contributed by atoms with Gasteiger partial charge >= 0.3 is 11.9 Å². The van der Waals surface area contributed by atoms with Gasteiger partial charge in [-0.15, -0.1) is 0 Å². The number of allylic oxidation sites excluding steroid dienone is 2. The standard InChI is InChI=1S/C70H118O4S2/c1-49(2)23-21-25-51(5)59-33-35-61-57-31-29-53-47-55(37-41-67(53,7)63(57)39-43-69(59,61)9)73-65(71)27-17-13-11-15-19-45-75-76-46-20-16-12-14-18-28-66(72)74-56-38-42-68(8)54(48-56)30-32-58-62-36-34-60(52(6)26-22-24-50(3)4)70(62,10)44-40-64(58)68/h29-30,49-52,55-64H,11-28,31-48H2,1-10H3/t51-,52-,55?,56?,57+,58+,59-,60-,61+,62+,63+,64+,67+,68+,69-,70-/m1/s1. The van der Waals surface area contributed by atoms with Crippen LogP contribution in [-0.2, 0) is 19.1 Å². The Morgan fingerprint density at radius 3 is 1.28 bits per heavy atom. The fourth-order valence-electron chi connectivity index (χ4n) is 20.0. The van der Waals surface area contributed by atoms with Crippen molar-refractivity contribution in [2.24, 2.45) is 92.7 Å². The molecule has 0 heterocycles. The van der Waals surface area contributed by atoms with Gasteiger partial charge in [0.2, 0.25) is 0 Å². The van der Waals surface area contributed by atoms with Gasteiger partial charge in [-0.1, -0.05) is 191 Å². The number of ether oxygens (including phenoxy) is 2. The molecule has 0 aromatic heterocycles. The van der Waals surface area contributed by atoms with Crippen molar-refractivity contribution in [1.82, 2.24) is 0 Å². The Morgan fingerprint density at radius 2 is 0.868 bits per heavy atom. The lowest BCUT2D eigenvalue weighted by atomic mass is 9.47. The van der Waals surface area contributed by atoms with Crippen LogP contribution < -0.4 is 0 Å². The van der Waals surface area contributed by atoms with Gasteiger partial charge in [0.25, 0.3) is 0 Å². The minimum Gasteiger partial charge on any atom is -0.462 e. The predicted molar refractivity (Wildman–Crippen MR) is 326 cm³/mol. The lowest BCUT2D eigenvalue weighted by Crippen LogP contribution is -2.51. The van der Waals surface area contributed by atoms with Gasteiger partial charge in [-0.25, -0.2) is 0 Å². The van der Waals surface area contributed by atoms with Crippen molar-refractivity contribution in [3.05, 3.63) is 23.3 Å². The summed E-state index contributed by atoms with van der Waals surface area (Å²) in [4.78, 5) is 26.1. The van der Waals surface area contributed by atoms with Crippen molar-refractivity contribution in [2.45, 2.75) is 300 Å². The quantitative estimate of drug-likeness (QED) is 0.0322. The second-order valence-electron chi connectivity index (χ2n) is 30.0. The summed E-state index contributed by atoms with van der Waals surface area (Å²) >= 11 is 0. The van der Waals surface area contributed by atoms with Gasteiger partial charge in [-0.05, 0) is 208 Å². The summed E-state index contributed by atoms with van der Waals surface area (Å²) in [5.41, 5.74) is 4.97. The molecule has 76 heavy (non-hydrogen) atoms. The Hall–Kier alpha value is -0.880. The van der Waals surface area contributed by atoms with Crippen LogP contribution in [0.4, 0.5) is 0 Å². The average molecular weight is 1090 g/mol. The zero-order valence-electron chi connectivity index (χ0n) is 51.1. The summed E-state index contributed by atoms with van der Waals surface area (Å²) in [7, 11) is 4.09. The predicted octanol–water partition coefficient (Wildman–Crippen LogP) is 21.0. The molecule has 6 saturated carbocycles. The Labute approximate surface area is 477 Å². The summed E-state index contributed by atoms with van der Waals surface area (Å²) in [6, 6.07) is 0. The van der Waals surface area contributed by atoms with Crippen molar-refractivity contribution < 1.29 is 19.1 Å². The van der Waals surface area contributed by atoms with E-state index in [0.717, 1.165) is 122 Å². The summed E-state index contributed by atoms with van der Waals surface area (Å²) in [5.74, 6) is 12.9. The first-order valence-corrected chi connectivity index (χ1v) is 36.0. The van der Waals surface area contributed by atoms with Crippen LogP contribution in [0, 0.1) is 92.7 Å². The Morgan fingerprint density at radius 1 is 0.474 bits per heavy atom. The lowest BCUT2D eigenvalue weighted by molar-refractivity contribution is -0.152. The van der Waals surface area contributed by atoms with E-state index in [-0.39, 0.29) is 24.1 Å². The topological polar surface area (TPSA) is 52.6 Å². The van der Waals surface area contributed by atoms with Crippen molar-refractivity contribution in [2.75, 3.05) is 11.5 Å². The monoisotopic (exact) mass is 1090 g/mol. The van der Waals surface area contributed by atoms with Crippen molar-refractivity contribution >= 4 is 33.5 Å². The van der Waals surface area contributed by atoms with E-state index in [9.17, 15) is 9.59 Å². The number of fused-ring (bicyclic) bond motifs is 10. The van der Waals surface area contributed by atoms with Crippen LogP contribution in [0.1, 0.15) is 288 Å². The van der Waals surface area contributed by atoms with Crippen molar-refractivity contribution in [3.8, 4) is 0 Å². The fourth-order valence-corrected chi connectivity index (χ4v) is 22.3. The van der Waals surface area contributed by atoms with Gasteiger partial charge in [0, 0.05) is 37.2 Å². The molecule has 0 radical (unpaired) electrons. The molecule has 434 valence electrons. The highest BCUT2D eigenvalue weighted by Gasteiger charge is 2.61. The molecule has 6 heteroatoms. The molecule has 2 unspecified atom stereocenters. The molecule has 8 rings (SSSR count). The molecular weight excluding hydrogens is 969 g/mol. The summed E-state index contributed by atoms with van der Waals surface area (Å²) in [6.07, 6.45) is 47.3. The van der Waals surface area contributed by atoms with Crippen LogP contribution in [0.25, 0.3) is 0 Å². The van der Waals surface area contributed by atoms with Crippen LogP contribution in [-0.4, -0.2) is 35.7 Å². The molecule has 0 aliphatic heterocycles. The van der Waals surface area contributed by atoms with Crippen LogP contribution in [0.15, 0.2) is 23.3 Å². The van der Waals surface area contributed by atoms with Crippen LogP contribution in [0.5, 0.6) is 0 Å². The molecule has 0 spiro atoms. The van der Waals surface area contributed by atoms with Gasteiger partial charge in [-0.3, -0.25) is 9.59 Å². The number of hydrogen-bond acceptors (Lipinski definition) is 6. The SMILES string of the molecule is CC(C)CCC[C@@H](C)[C@H]1CC[C@H]2[C@@H]3CC=C4CC(OC(=O)CCCCCCCSSCCCCCCCC(=O)OC5CC[C@@]6(C)C(=CC[C@H]7[C@@H]8CC[C@H]([C@H](C)CCCC(C)C)[C@@]8(C)CC[C@@H]76)C5)CC[C@]4(C)[C@H]3CC[C@]12C. The third-order valence-electron chi connectivity index (χ3n) is 24.4. The highest BCUT2D eigenvalue weighted by atomic mass is 33.1. The Kier molecular flexibility index (Phi) is 22.5. The van der Waals surface area contributed by atoms with Crippen LogP contribution >= 0.6 is 21.6 Å². The number of esters is 2. The van der Waals surface area contributed by atoms with E-state index in [4.69, 9.17) is 9.47 Å². The third-order valence-corrected chi connectivity index (χ3v) is 27.0. The molecule has 16 atom stereocenters. The van der Waals surface area contributed by atoms with Crippen LogP contribution in [0.2, 0.25) is 0 Å². The molecule has 0 N–H and O–H groups in total. The van der Waals surface area contributed by atoms with E-state index in [2.05, 4.69) is 81.4 Å². The molecule has 0 amide bonds. The molecule has 0 aromatic rings. The Balaban J connectivity index is 0.607. The van der Waals surface area contributed by atoms with E-state index < -0.39 is 0 Å². The van der Waals surface area contributed by atoms with E-state index in [1.54, 1.807) is 11.1 Å². The van der Waals surface area contributed by atoms with E-state index in [1.165, 1.54) is 166 Å². The maximum Gasteiger partial charge on any atom is 0.306 e. The van der Waals surface area contributed by atoms with Crippen LogP contribution in [0.3, 0.4) is 0 Å². The first kappa shape index (κ1) is 61.2. The highest BCUT2D eigenvalue weighted by molar-refractivity contribution is 8.76. The zero-order chi connectivity index (χ0) is 54.1. The number of hydrogen-bond donors (Lipinski definition) is 0. The smallest absolute Gasteiger partial charge is 0.306 e. The molecule has 0 saturated heterocycles. The van der Waals surface area contributed by atoms with Gasteiger partial charge < -0.3 is 9.47 Å². The number of unbranched alkanes of at least 4 members (excludes halogenated alkanes) is 8. The van der Waals surface area contributed by atoms with E-state index in [0.29, 0.717) is 34.5 Å². The summed E-state index contributed by atoms with van der Waals surface area (Å²) in [5, 5.41) is 0. The second kappa shape index (κ2) is 27.9. The van der Waals surface area contributed by atoms with Gasteiger partial charge in [0.1, 0.15) is 12.2 Å². The van der Waals surface area contributed by atoms with Gasteiger partial charge in [0.05, 0.1) is 0 Å². The maximum absolute atomic E-state index is 13.0. The molecular formula is C70H118O4S2. The number of rotatable bonds is 29. The molecule has 8 aliphatic carbocycles. The molecule has 0 bridgehead atoms. The van der Waals surface area contributed by atoms with E-state index >= 15 is 0 Å².